The molecule has 1 aromatic carbocycles. The van der Waals surface area contributed by atoms with Gasteiger partial charge >= 0.3 is 0 Å². The molecule has 2 rings (SSSR count). The molecule has 2 aromatic rings. The van der Waals surface area contributed by atoms with Gasteiger partial charge in [-0.2, -0.15) is 0 Å². The molecular weight excluding hydrogens is 224 g/mol. The average Bonchev–Trinajstić information content (AvgIpc) is 2.66. The summed E-state index contributed by atoms with van der Waals surface area (Å²) in [4.78, 5) is 12.0. The van der Waals surface area contributed by atoms with E-state index in [9.17, 15) is 4.79 Å². The van der Waals surface area contributed by atoms with Crippen molar-refractivity contribution >= 4 is 0 Å². The number of aryl methyl sites for hydroxylation is 1. The first-order chi connectivity index (χ1) is 8.74. The molecule has 0 N–H and O–H groups in total. The first kappa shape index (κ1) is 12.7. The number of aromatic nitrogens is 2. The van der Waals surface area contributed by atoms with Crippen molar-refractivity contribution in [1.82, 2.24) is 9.36 Å². The van der Waals surface area contributed by atoms with Crippen molar-refractivity contribution in [3.63, 3.8) is 0 Å². The monoisotopic (exact) mass is 244 g/mol. The Morgan fingerprint density at radius 1 is 1.11 bits per heavy atom. The van der Waals surface area contributed by atoms with E-state index in [-0.39, 0.29) is 5.56 Å². The summed E-state index contributed by atoms with van der Waals surface area (Å²) in [5.41, 5.74) is 2.02. The van der Waals surface area contributed by atoms with Gasteiger partial charge in [0.25, 0.3) is 5.56 Å². The van der Waals surface area contributed by atoms with Gasteiger partial charge in [-0.05, 0) is 25.5 Å². The van der Waals surface area contributed by atoms with Crippen LogP contribution in [0.3, 0.4) is 0 Å². The molecule has 3 heteroatoms. The van der Waals surface area contributed by atoms with Crippen LogP contribution in [0.1, 0.15) is 31.9 Å². The van der Waals surface area contributed by atoms with Gasteiger partial charge in [0.15, 0.2) is 0 Å². The Balaban J connectivity index is 2.37. The van der Waals surface area contributed by atoms with E-state index in [2.05, 4.69) is 11.6 Å². The van der Waals surface area contributed by atoms with Gasteiger partial charge < -0.3 is 0 Å². The lowest BCUT2D eigenvalue weighted by Gasteiger charge is -2.13. The predicted octanol–water partition coefficient (Wildman–Crippen LogP) is 3.14. The van der Waals surface area contributed by atoms with Crippen LogP contribution >= 0.6 is 0 Å². The van der Waals surface area contributed by atoms with E-state index in [1.54, 1.807) is 10.7 Å². The zero-order chi connectivity index (χ0) is 13.0. The lowest BCUT2D eigenvalue weighted by molar-refractivity contribution is 0.495. The fraction of sp³-hybridized carbons (Fsp3) is 0.400. The van der Waals surface area contributed by atoms with Crippen LogP contribution in [0.25, 0.3) is 5.69 Å². The third-order valence-electron chi connectivity index (χ3n) is 3.16. The number of hydrogen-bond donors (Lipinski definition) is 0. The van der Waals surface area contributed by atoms with Gasteiger partial charge in [-0.15, -0.1) is 0 Å². The molecular formula is C15H20N2O. The Bertz CT molecular complexity index is 552. The van der Waals surface area contributed by atoms with Crippen molar-refractivity contribution < 1.29 is 0 Å². The van der Waals surface area contributed by atoms with E-state index < -0.39 is 0 Å². The molecule has 0 radical (unpaired) electrons. The van der Waals surface area contributed by atoms with Gasteiger partial charge in [-0.1, -0.05) is 38.0 Å². The Labute approximate surface area is 108 Å². The highest BCUT2D eigenvalue weighted by Gasteiger charge is 2.08. The molecule has 0 fully saturated rings. The summed E-state index contributed by atoms with van der Waals surface area (Å²) in [5, 5.41) is 0. The number of rotatable bonds is 5. The van der Waals surface area contributed by atoms with Crippen LogP contribution in [-0.4, -0.2) is 9.36 Å². The lowest BCUT2D eigenvalue weighted by Crippen LogP contribution is -2.21. The largest absolute Gasteiger partial charge is 0.282 e. The number of unbranched alkanes of at least 4 members (excludes halogenated alkanes) is 2. The third kappa shape index (κ3) is 2.55. The fourth-order valence-electron chi connectivity index (χ4n) is 2.21. The third-order valence-corrected chi connectivity index (χ3v) is 3.16. The Morgan fingerprint density at radius 2 is 1.83 bits per heavy atom. The van der Waals surface area contributed by atoms with Crippen molar-refractivity contribution in [1.29, 1.82) is 0 Å². The molecule has 1 heterocycles. The minimum absolute atomic E-state index is 0.0511. The summed E-state index contributed by atoms with van der Waals surface area (Å²) in [6, 6.07) is 11.5. The summed E-state index contributed by atoms with van der Waals surface area (Å²) in [6.07, 6.45) is 3.49. The second-order valence-corrected chi connectivity index (χ2v) is 4.60. The molecule has 0 aliphatic rings. The zero-order valence-corrected chi connectivity index (χ0v) is 11.1. The summed E-state index contributed by atoms with van der Waals surface area (Å²) < 4.78 is 3.85. The molecule has 0 saturated carbocycles. The smallest absolute Gasteiger partial charge is 0.271 e. The molecule has 0 spiro atoms. The van der Waals surface area contributed by atoms with Gasteiger partial charge in [0, 0.05) is 18.3 Å². The average molecular weight is 244 g/mol. The molecule has 0 aliphatic carbocycles. The summed E-state index contributed by atoms with van der Waals surface area (Å²) in [7, 11) is 0. The van der Waals surface area contributed by atoms with Gasteiger partial charge in [0.1, 0.15) is 0 Å². The maximum atomic E-state index is 12.0. The molecule has 0 bridgehead atoms. The van der Waals surface area contributed by atoms with Gasteiger partial charge in [0.05, 0.1) is 5.69 Å². The van der Waals surface area contributed by atoms with E-state index in [1.807, 2.05) is 37.3 Å². The standard InChI is InChI=1S/C15H20N2O/c1-3-4-8-11-16-13(2)12-15(18)17(16)14-9-6-5-7-10-14/h5-7,9-10,12H,3-4,8,11H2,1-2H3. The summed E-state index contributed by atoms with van der Waals surface area (Å²) in [6.45, 7) is 5.08. The minimum Gasteiger partial charge on any atom is -0.282 e. The van der Waals surface area contributed by atoms with Crippen LogP contribution < -0.4 is 5.56 Å². The highest BCUT2D eigenvalue weighted by atomic mass is 16.1. The number of hydrogen-bond acceptors (Lipinski definition) is 1. The van der Waals surface area contributed by atoms with Crippen molar-refractivity contribution in [2.24, 2.45) is 0 Å². The van der Waals surface area contributed by atoms with E-state index in [4.69, 9.17) is 0 Å². The molecule has 0 amide bonds. The molecule has 0 aliphatic heterocycles. The van der Waals surface area contributed by atoms with Crippen molar-refractivity contribution in [2.45, 2.75) is 39.7 Å². The van der Waals surface area contributed by atoms with E-state index in [1.165, 1.54) is 12.8 Å². The highest BCUT2D eigenvalue weighted by Crippen LogP contribution is 2.09. The summed E-state index contributed by atoms with van der Waals surface area (Å²) >= 11 is 0. The maximum Gasteiger partial charge on any atom is 0.271 e. The van der Waals surface area contributed by atoms with Crippen LogP contribution in [0.4, 0.5) is 0 Å². The molecule has 1 aromatic heterocycles. The van der Waals surface area contributed by atoms with Crippen LogP contribution in [0.5, 0.6) is 0 Å². The topological polar surface area (TPSA) is 26.9 Å². The number of nitrogens with zero attached hydrogens (tertiary/aromatic N) is 2. The second kappa shape index (κ2) is 5.71. The fourth-order valence-corrected chi connectivity index (χ4v) is 2.21. The lowest BCUT2D eigenvalue weighted by atomic mass is 10.2. The molecule has 18 heavy (non-hydrogen) atoms. The highest BCUT2D eigenvalue weighted by molar-refractivity contribution is 5.31. The minimum atomic E-state index is 0.0511. The zero-order valence-electron chi connectivity index (χ0n) is 11.1. The van der Waals surface area contributed by atoms with Gasteiger partial charge in [-0.3, -0.25) is 9.48 Å². The van der Waals surface area contributed by atoms with Crippen LogP contribution in [-0.2, 0) is 6.54 Å². The van der Waals surface area contributed by atoms with Crippen LogP contribution in [0.2, 0.25) is 0 Å². The first-order valence-corrected chi connectivity index (χ1v) is 6.59. The summed E-state index contributed by atoms with van der Waals surface area (Å²) in [5.74, 6) is 0. The van der Waals surface area contributed by atoms with E-state index >= 15 is 0 Å². The van der Waals surface area contributed by atoms with Crippen LogP contribution in [0, 0.1) is 6.92 Å². The van der Waals surface area contributed by atoms with Crippen molar-refractivity contribution in [2.75, 3.05) is 0 Å². The molecule has 3 nitrogen and oxygen atoms in total. The predicted molar refractivity (Wildman–Crippen MR) is 74.3 cm³/mol. The molecule has 0 unspecified atom stereocenters. The first-order valence-electron chi connectivity index (χ1n) is 6.59. The Morgan fingerprint density at radius 3 is 2.50 bits per heavy atom. The molecule has 96 valence electrons. The van der Waals surface area contributed by atoms with Gasteiger partial charge in [-0.25, -0.2) is 4.68 Å². The molecule has 0 saturated heterocycles. The number of benzene rings is 1. The van der Waals surface area contributed by atoms with E-state index in [0.29, 0.717) is 0 Å². The number of para-hydroxylation sites is 1. The van der Waals surface area contributed by atoms with E-state index in [0.717, 1.165) is 24.3 Å². The quantitative estimate of drug-likeness (QED) is 0.742. The molecule has 0 atom stereocenters. The normalized spacial score (nSPS) is 10.8. The van der Waals surface area contributed by atoms with Gasteiger partial charge in [0.2, 0.25) is 0 Å². The Hall–Kier alpha value is -1.77. The second-order valence-electron chi connectivity index (χ2n) is 4.60. The SMILES string of the molecule is CCCCCn1c(C)cc(=O)n1-c1ccccc1. The van der Waals surface area contributed by atoms with Crippen LogP contribution in [0.15, 0.2) is 41.2 Å². The maximum absolute atomic E-state index is 12.0. The van der Waals surface area contributed by atoms with Crippen molar-refractivity contribution in [3.8, 4) is 5.69 Å². The van der Waals surface area contributed by atoms with Crippen molar-refractivity contribution in [3.05, 3.63) is 52.4 Å². The Kier molecular flexibility index (Phi) is 4.03.